The molecule has 0 aliphatic carbocycles. The lowest BCUT2D eigenvalue weighted by Crippen LogP contribution is -2.06. The van der Waals surface area contributed by atoms with Crippen molar-refractivity contribution in [1.29, 1.82) is 0 Å². The SMILES string of the molecule is CCCCC(=O)Oc1nc2ccccc2s1. The van der Waals surface area contributed by atoms with E-state index in [0.29, 0.717) is 11.6 Å². The number of fused-ring (bicyclic) bond motifs is 1. The van der Waals surface area contributed by atoms with Crippen LogP contribution in [0, 0.1) is 0 Å². The summed E-state index contributed by atoms with van der Waals surface area (Å²) in [5, 5.41) is 0.447. The predicted molar refractivity (Wildman–Crippen MR) is 64.8 cm³/mol. The van der Waals surface area contributed by atoms with Crippen molar-refractivity contribution in [2.24, 2.45) is 0 Å². The number of rotatable bonds is 4. The normalized spacial score (nSPS) is 10.6. The van der Waals surface area contributed by atoms with E-state index in [1.54, 1.807) is 0 Å². The molecule has 0 N–H and O–H groups in total. The van der Waals surface area contributed by atoms with Crippen molar-refractivity contribution in [3.05, 3.63) is 24.3 Å². The largest absolute Gasteiger partial charge is 0.398 e. The Bertz CT molecular complexity index is 459. The van der Waals surface area contributed by atoms with Crippen LogP contribution in [0.3, 0.4) is 0 Å². The Hall–Kier alpha value is -1.42. The minimum absolute atomic E-state index is 0.194. The van der Waals surface area contributed by atoms with Gasteiger partial charge in [0.05, 0.1) is 10.2 Å². The predicted octanol–water partition coefficient (Wildman–Crippen LogP) is 3.39. The lowest BCUT2D eigenvalue weighted by molar-refractivity contribution is -0.134. The number of aromatic nitrogens is 1. The summed E-state index contributed by atoms with van der Waals surface area (Å²) in [5.74, 6) is -0.194. The fourth-order valence-electron chi connectivity index (χ4n) is 1.36. The molecular formula is C12H13NO2S. The fourth-order valence-corrected chi connectivity index (χ4v) is 2.20. The van der Waals surface area contributed by atoms with Gasteiger partial charge in [0, 0.05) is 6.42 Å². The van der Waals surface area contributed by atoms with Crippen molar-refractivity contribution >= 4 is 27.5 Å². The lowest BCUT2D eigenvalue weighted by atomic mass is 10.3. The molecule has 0 fully saturated rings. The molecule has 1 aromatic heterocycles. The van der Waals surface area contributed by atoms with Gasteiger partial charge < -0.3 is 4.74 Å². The molecule has 3 nitrogen and oxygen atoms in total. The first-order valence-electron chi connectivity index (χ1n) is 5.36. The van der Waals surface area contributed by atoms with Gasteiger partial charge >= 0.3 is 5.97 Å². The smallest absolute Gasteiger partial charge is 0.313 e. The highest BCUT2D eigenvalue weighted by Crippen LogP contribution is 2.27. The van der Waals surface area contributed by atoms with Crippen molar-refractivity contribution in [2.45, 2.75) is 26.2 Å². The maximum Gasteiger partial charge on any atom is 0.313 e. The number of benzene rings is 1. The molecule has 4 heteroatoms. The molecule has 0 atom stereocenters. The molecule has 0 unspecified atom stereocenters. The van der Waals surface area contributed by atoms with Crippen molar-refractivity contribution in [2.75, 3.05) is 0 Å². The van der Waals surface area contributed by atoms with Crippen LogP contribution in [0.25, 0.3) is 10.2 Å². The number of carbonyl (C=O) groups excluding carboxylic acids is 1. The van der Waals surface area contributed by atoms with E-state index in [9.17, 15) is 4.79 Å². The number of nitrogens with zero attached hydrogens (tertiary/aromatic N) is 1. The molecule has 2 rings (SSSR count). The van der Waals surface area contributed by atoms with Gasteiger partial charge in [0.1, 0.15) is 0 Å². The molecule has 84 valence electrons. The molecule has 0 saturated heterocycles. The third-order valence-corrected chi connectivity index (χ3v) is 3.12. The zero-order chi connectivity index (χ0) is 11.4. The highest BCUT2D eigenvalue weighted by molar-refractivity contribution is 7.20. The Morgan fingerprint density at radius 3 is 3.00 bits per heavy atom. The molecule has 0 aliphatic heterocycles. The second-order valence-corrected chi connectivity index (χ2v) is 4.52. The van der Waals surface area contributed by atoms with E-state index < -0.39 is 0 Å². The standard InChI is InChI=1S/C12H13NO2S/c1-2-3-8-11(14)15-12-13-9-6-4-5-7-10(9)16-12/h4-7H,2-3,8H2,1H3. The van der Waals surface area contributed by atoms with E-state index in [0.717, 1.165) is 23.1 Å². The Labute approximate surface area is 98.1 Å². The molecular weight excluding hydrogens is 222 g/mol. The average Bonchev–Trinajstić information content (AvgIpc) is 2.68. The number of ether oxygens (including phenoxy) is 1. The number of esters is 1. The van der Waals surface area contributed by atoms with Crippen molar-refractivity contribution in [3.63, 3.8) is 0 Å². The summed E-state index contributed by atoms with van der Waals surface area (Å²) >= 11 is 1.40. The van der Waals surface area contributed by atoms with E-state index in [4.69, 9.17) is 4.74 Å². The number of carbonyl (C=O) groups is 1. The number of unbranched alkanes of at least 4 members (excludes halogenated alkanes) is 1. The Morgan fingerprint density at radius 2 is 2.25 bits per heavy atom. The van der Waals surface area contributed by atoms with Crippen LogP contribution >= 0.6 is 11.3 Å². The van der Waals surface area contributed by atoms with Crippen molar-refractivity contribution in [1.82, 2.24) is 4.98 Å². The van der Waals surface area contributed by atoms with Crippen molar-refractivity contribution < 1.29 is 9.53 Å². The van der Waals surface area contributed by atoms with E-state index >= 15 is 0 Å². The molecule has 2 aromatic rings. The molecule has 0 amide bonds. The second-order valence-electron chi connectivity index (χ2n) is 3.53. The molecule has 0 radical (unpaired) electrons. The van der Waals surface area contributed by atoms with E-state index in [-0.39, 0.29) is 5.97 Å². The van der Waals surface area contributed by atoms with Crippen LogP contribution in [-0.2, 0) is 4.79 Å². The molecule has 1 aromatic carbocycles. The van der Waals surface area contributed by atoms with Crippen LogP contribution in [0.4, 0.5) is 0 Å². The van der Waals surface area contributed by atoms with Crippen LogP contribution in [0.15, 0.2) is 24.3 Å². The van der Waals surface area contributed by atoms with Gasteiger partial charge in [-0.15, -0.1) is 0 Å². The maximum absolute atomic E-state index is 11.4. The third kappa shape index (κ3) is 2.58. The Kier molecular flexibility index (Phi) is 3.51. The summed E-state index contributed by atoms with van der Waals surface area (Å²) < 4.78 is 6.21. The van der Waals surface area contributed by atoms with Gasteiger partial charge in [0.25, 0.3) is 5.19 Å². The molecule has 0 spiro atoms. The van der Waals surface area contributed by atoms with Gasteiger partial charge in [-0.25, -0.2) is 4.98 Å². The molecule has 1 heterocycles. The monoisotopic (exact) mass is 235 g/mol. The van der Waals surface area contributed by atoms with Crippen LogP contribution in [0.2, 0.25) is 0 Å². The number of para-hydroxylation sites is 1. The Morgan fingerprint density at radius 1 is 1.44 bits per heavy atom. The summed E-state index contributed by atoms with van der Waals surface area (Å²) in [6, 6.07) is 7.75. The van der Waals surface area contributed by atoms with Gasteiger partial charge in [-0.1, -0.05) is 36.8 Å². The van der Waals surface area contributed by atoms with E-state index in [1.165, 1.54) is 11.3 Å². The first kappa shape index (κ1) is 11.1. The quantitative estimate of drug-likeness (QED) is 0.762. The van der Waals surface area contributed by atoms with Gasteiger partial charge in [-0.3, -0.25) is 4.79 Å². The van der Waals surface area contributed by atoms with Crippen LogP contribution in [0.1, 0.15) is 26.2 Å². The molecule has 16 heavy (non-hydrogen) atoms. The lowest BCUT2D eigenvalue weighted by Gasteiger charge is -1.97. The fraction of sp³-hybridized carbons (Fsp3) is 0.333. The zero-order valence-electron chi connectivity index (χ0n) is 9.10. The second kappa shape index (κ2) is 5.07. The third-order valence-electron chi connectivity index (χ3n) is 2.21. The van der Waals surface area contributed by atoms with Gasteiger partial charge in [0.2, 0.25) is 0 Å². The van der Waals surface area contributed by atoms with E-state index in [2.05, 4.69) is 4.98 Å². The zero-order valence-corrected chi connectivity index (χ0v) is 9.92. The first-order chi connectivity index (χ1) is 7.79. The minimum atomic E-state index is -0.194. The van der Waals surface area contributed by atoms with E-state index in [1.807, 2.05) is 31.2 Å². The topological polar surface area (TPSA) is 39.2 Å². The van der Waals surface area contributed by atoms with Crippen LogP contribution in [-0.4, -0.2) is 11.0 Å². The summed E-state index contributed by atoms with van der Waals surface area (Å²) in [4.78, 5) is 15.6. The summed E-state index contributed by atoms with van der Waals surface area (Å²) in [5.41, 5.74) is 0.880. The highest BCUT2D eigenvalue weighted by atomic mass is 32.1. The van der Waals surface area contributed by atoms with Gasteiger partial charge in [-0.05, 0) is 18.6 Å². The number of hydrogen-bond donors (Lipinski definition) is 0. The van der Waals surface area contributed by atoms with Crippen LogP contribution in [0.5, 0.6) is 5.19 Å². The summed E-state index contributed by atoms with van der Waals surface area (Å²) in [6.45, 7) is 2.05. The maximum atomic E-state index is 11.4. The van der Waals surface area contributed by atoms with Crippen molar-refractivity contribution in [3.8, 4) is 5.19 Å². The van der Waals surface area contributed by atoms with Gasteiger partial charge in [-0.2, -0.15) is 0 Å². The molecule has 0 saturated carbocycles. The summed E-state index contributed by atoms with van der Waals surface area (Å²) in [7, 11) is 0. The molecule has 0 bridgehead atoms. The number of thiazole rings is 1. The van der Waals surface area contributed by atoms with Gasteiger partial charge in [0.15, 0.2) is 0 Å². The first-order valence-corrected chi connectivity index (χ1v) is 6.17. The average molecular weight is 235 g/mol. The molecule has 0 aliphatic rings. The highest BCUT2D eigenvalue weighted by Gasteiger charge is 2.08. The number of hydrogen-bond acceptors (Lipinski definition) is 4. The Balaban J connectivity index is 2.07. The minimum Gasteiger partial charge on any atom is -0.398 e. The summed E-state index contributed by atoms with van der Waals surface area (Å²) in [6.07, 6.45) is 2.32. The van der Waals surface area contributed by atoms with Crippen LogP contribution < -0.4 is 4.74 Å².